The first-order chi connectivity index (χ1) is 10.6. The molecule has 0 aliphatic heterocycles. The highest BCUT2D eigenvalue weighted by Gasteiger charge is 2.37. The van der Waals surface area contributed by atoms with Gasteiger partial charge in [0.25, 0.3) is 0 Å². The van der Waals surface area contributed by atoms with Gasteiger partial charge in [-0.3, -0.25) is 0 Å². The number of benzene rings is 2. The van der Waals surface area contributed by atoms with Crippen LogP contribution in [0.2, 0.25) is 0 Å². The second-order valence-electron chi connectivity index (χ2n) is 6.52. The highest BCUT2D eigenvalue weighted by molar-refractivity contribution is 5.35. The Morgan fingerprint density at radius 2 is 1.27 bits per heavy atom. The topological polar surface area (TPSA) is 40.5 Å². The van der Waals surface area contributed by atoms with Gasteiger partial charge < -0.3 is 10.2 Å². The molecule has 0 atom stereocenters. The molecule has 0 amide bonds. The molecule has 0 aromatic heterocycles. The van der Waals surface area contributed by atoms with Crippen LogP contribution < -0.4 is 0 Å². The second-order valence-corrected chi connectivity index (χ2v) is 6.52. The van der Waals surface area contributed by atoms with Crippen molar-refractivity contribution in [2.75, 3.05) is 0 Å². The van der Waals surface area contributed by atoms with Crippen molar-refractivity contribution >= 4 is 0 Å². The highest BCUT2D eigenvalue weighted by Crippen LogP contribution is 2.40. The zero-order valence-corrected chi connectivity index (χ0v) is 12.9. The fraction of sp³-hybridized carbons (Fsp3) is 0.400. The van der Waals surface area contributed by atoms with Gasteiger partial charge in [0.15, 0.2) is 0 Å². The predicted octanol–water partition coefficient (Wildman–Crippen LogP) is 4.01. The van der Waals surface area contributed by atoms with Crippen molar-refractivity contribution in [2.24, 2.45) is 0 Å². The van der Waals surface area contributed by atoms with Crippen molar-refractivity contribution in [3.05, 3.63) is 71.8 Å². The summed E-state index contributed by atoms with van der Waals surface area (Å²) in [6.07, 6.45) is 5.06. The quantitative estimate of drug-likeness (QED) is 0.875. The van der Waals surface area contributed by atoms with Crippen LogP contribution in [0.4, 0.5) is 0 Å². The summed E-state index contributed by atoms with van der Waals surface area (Å²) in [6.45, 7) is 0. The molecular weight excluding hydrogens is 272 g/mol. The minimum Gasteiger partial charge on any atom is -0.390 e. The normalized spacial score (nSPS) is 17.5. The molecule has 1 saturated carbocycles. The van der Waals surface area contributed by atoms with Crippen molar-refractivity contribution < 1.29 is 10.2 Å². The molecule has 22 heavy (non-hydrogen) atoms. The van der Waals surface area contributed by atoms with Crippen LogP contribution in [-0.4, -0.2) is 15.8 Å². The summed E-state index contributed by atoms with van der Waals surface area (Å²) in [5.41, 5.74) is 0.142. The average Bonchev–Trinajstić information content (AvgIpc) is 3.01. The van der Waals surface area contributed by atoms with Gasteiger partial charge in [0.1, 0.15) is 5.60 Å². The summed E-state index contributed by atoms with van der Waals surface area (Å²) in [6, 6.07) is 19.6. The zero-order chi connectivity index (χ0) is 15.5. The predicted molar refractivity (Wildman–Crippen MR) is 88.5 cm³/mol. The van der Waals surface area contributed by atoms with Gasteiger partial charge in [-0.15, -0.1) is 0 Å². The minimum atomic E-state index is -1.04. The van der Waals surface area contributed by atoms with E-state index in [4.69, 9.17) is 0 Å². The molecule has 2 heteroatoms. The molecular formula is C20H24O2. The van der Waals surface area contributed by atoms with Crippen molar-refractivity contribution in [1.29, 1.82) is 0 Å². The van der Waals surface area contributed by atoms with E-state index in [2.05, 4.69) is 0 Å². The Morgan fingerprint density at radius 1 is 0.818 bits per heavy atom. The van der Waals surface area contributed by atoms with Crippen LogP contribution >= 0.6 is 0 Å². The maximum absolute atomic E-state index is 11.4. The third-order valence-corrected chi connectivity index (χ3v) is 4.99. The summed E-state index contributed by atoms with van der Waals surface area (Å²) in [7, 11) is 0. The van der Waals surface area contributed by atoms with Gasteiger partial charge >= 0.3 is 0 Å². The zero-order valence-electron chi connectivity index (χ0n) is 12.9. The lowest BCUT2D eigenvalue weighted by Crippen LogP contribution is -2.32. The molecule has 2 aromatic carbocycles. The monoisotopic (exact) mass is 296 g/mol. The molecule has 0 radical (unpaired) electrons. The Labute approximate surface area is 132 Å². The Morgan fingerprint density at radius 3 is 1.73 bits per heavy atom. The van der Waals surface area contributed by atoms with Gasteiger partial charge in [-0.2, -0.15) is 0 Å². The maximum Gasteiger partial charge on any atom is 0.115 e. The van der Waals surface area contributed by atoms with Crippen molar-refractivity contribution in [2.45, 2.75) is 49.7 Å². The number of aliphatic hydroxyl groups is 2. The van der Waals surface area contributed by atoms with Crippen molar-refractivity contribution in [3.63, 3.8) is 0 Å². The molecule has 116 valence electrons. The van der Waals surface area contributed by atoms with Gasteiger partial charge in [-0.1, -0.05) is 73.5 Å². The molecule has 1 aliphatic rings. The third-order valence-electron chi connectivity index (χ3n) is 4.99. The Bertz CT molecular complexity index is 546. The molecule has 0 heterocycles. The Kier molecular flexibility index (Phi) is 4.32. The molecule has 2 N–H and O–H groups in total. The first kappa shape index (κ1) is 15.3. The van der Waals surface area contributed by atoms with E-state index < -0.39 is 11.2 Å². The first-order valence-corrected chi connectivity index (χ1v) is 8.18. The van der Waals surface area contributed by atoms with E-state index in [0.717, 1.165) is 36.8 Å². The molecule has 3 rings (SSSR count). The highest BCUT2D eigenvalue weighted by atomic mass is 16.3. The lowest BCUT2D eigenvalue weighted by Gasteiger charge is -2.33. The number of hydrogen-bond donors (Lipinski definition) is 2. The van der Waals surface area contributed by atoms with E-state index in [-0.39, 0.29) is 0 Å². The largest absolute Gasteiger partial charge is 0.390 e. The summed E-state index contributed by atoms with van der Waals surface area (Å²) in [5.74, 6) is 0. The smallest absolute Gasteiger partial charge is 0.115 e. The number of hydrogen-bond acceptors (Lipinski definition) is 2. The van der Waals surface area contributed by atoms with E-state index in [1.807, 2.05) is 60.7 Å². The van der Waals surface area contributed by atoms with Crippen LogP contribution in [0.25, 0.3) is 0 Å². The van der Waals surface area contributed by atoms with Crippen LogP contribution in [0.5, 0.6) is 0 Å². The second kappa shape index (κ2) is 6.23. The van der Waals surface area contributed by atoms with E-state index in [9.17, 15) is 10.2 Å². The number of rotatable bonds is 5. The van der Waals surface area contributed by atoms with Crippen molar-refractivity contribution in [3.8, 4) is 0 Å². The van der Waals surface area contributed by atoms with E-state index in [1.54, 1.807) is 0 Å². The average molecular weight is 296 g/mol. The molecule has 0 spiro atoms. The van der Waals surface area contributed by atoms with Gasteiger partial charge in [-0.05, 0) is 36.8 Å². The Balaban J connectivity index is 1.90. The van der Waals surface area contributed by atoms with E-state index in [0.29, 0.717) is 12.8 Å². The summed E-state index contributed by atoms with van der Waals surface area (Å²) < 4.78 is 0. The van der Waals surface area contributed by atoms with Gasteiger partial charge in [0, 0.05) is 0 Å². The molecule has 0 bridgehead atoms. The lowest BCUT2D eigenvalue weighted by atomic mass is 9.79. The molecule has 0 saturated heterocycles. The van der Waals surface area contributed by atoms with Crippen LogP contribution in [0.3, 0.4) is 0 Å². The van der Waals surface area contributed by atoms with Crippen molar-refractivity contribution in [1.82, 2.24) is 0 Å². The Hall–Kier alpha value is -1.64. The van der Waals surface area contributed by atoms with E-state index >= 15 is 0 Å². The van der Waals surface area contributed by atoms with Gasteiger partial charge in [0.2, 0.25) is 0 Å². The molecule has 2 aromatic rings. The van der Waals surface area contributed by atoms with Crippen LogP contribution in [0, 0.1) is 0 Å². The SMILES string of the molecule is OC1(CCC(O)(c2ccccc2)c2ccccc2)CCCC1. The molecule has 2 nitrogen and oxygen atoms in total. The van der Waals surface area contributed by atoms with Crippen LogP contribution in [0.1, 0.15) is 49.7 Å². The molecule has 1 aliphatic carbocycles. The summed E-state index contributed by atoms with van der Waals surface area (Å²) in [5, 5.41) is 22.1. The van der Waals surface area contributed by atoms with Crippen LogP contribution in [-0.2, 0) is 5.60 Å². The van der Waals surface area contributed by atoms with Gasteiger partial charge in [-0.25, -0.2) is 0 Å². The molecule has 1 fully saturated rings. The minimum absolute atomic E-state index is 0.539. The standard InChI is InChI=1S/C20H24O2/c21-19(13-7-8-14-19)15-16-20(22,17-9-3-1-4-10-17)18-11-5-2-6-12-18/h1-6,9-12,21-22H,7-8,13-16H2. The van der Waals surface area contributed by atoms with Crippen LogP contribution in [0.15, 0.2) is 60.7 Å². The fourth-order valence-electron chi connectivity index (χ4n) is 3.58. The molecule has 0 unspecified atom stereocenters. The summed E-state index contributed by atoms with van der Waals surface area (Å²) >= 11 is 0. The summed E-state index contributed by atoms with van der Waals surface area (Å²) in [4.78, 5) is 0. The van der Waals surface area contributed by atoms with E-state index in [1.165, 1.54) is 0 Å². The first-order valence-electron chi connectivity index (χ1n) is 8.18. The fourth-order valence-corrected chi connectivity index (χ4v) is 3.58. The lowest BCUT2D eigenvalue weighted by molar-refractivity contribution is -0.00137. The van der Waals surface area contributed by atoms with Gasteiger partial charge in [0.05, 0.1) is 5.60 Å². The third kappa shape index (κ3) is 3.08. The maximum atomic E-state index is 11.4.